The van der Waals surface area contributed by atoms with Crippen molar-refractivity contribution in [2.75, 3.05) is 17.2 Å². The van der Waals surface area contributed by atoms with Crippen molar-refractivity contribution >= 4 is 23.3 Å². The highest BCUT2D eigenvalue weighted by Gasteiger charge is 2.15. The normalized spacial score (nSPS) is 15.2. The lowest BCUT2D eigenvalue weighted by Gasteiger charge is -2.23. The van der Waals surface area contributed by atoms with Gasteiger partial charge in [0.05, 0.1) is 6.54 Å². The molecule has 1 aromatic carbocycles. The average molecular weight is 304 g/mol. The van der Waals surface area contributed by atoms with Crippen LogP contribution >= 0.6 is 0 Å². The number of aryl methyl sites for hydroxylation is 1. The van der Waals surface area contributed by atoms with Gasteiger partial charge in [-0.2, -0.15) is 0 Å². The fourth-order valence-electron chi connectivity index (χ4n) is 2.64. The van der Waals surface area contributed by atoms with Gasteiger partial charge in [0.15, 0.2) is 0 Å². The molecule has 1 aliphatic rings. The fraction of sp³-hybridized carbons (Fsp3) is 0.500. The lowest BCUT2D eigenvalue weighted by Crippen LogP contribution is -2.39. The Morgan fingerprint density at radius 3 is 2.59 bits per heavy atom. The van der Waals surface area contributed by atoms with Gasteiger partial charge in [-0.15, -0.1) is 0 Å². The Balaban J connectivity index is 1.95. The predicted molar refractivity (Wildman–Crippen MR) is 87.9 cm³/mol. The highest BCUT2D eigenvalue weighted by Crippen LogP contribution is 2.21. The largest absolute Gasteiger partial charge is 0.335 e. The van der Waals surface area contributed by atoms with E-state index < -0.39 is 0 Å². The van der Waals surface area contributed by atoms with Crippen LogP contribution in [0.15, 0.2) is 18.2 Å². The molecule has 6 nitrogen and oxygen atoms in total. The van der Waals surface area contributed by atoms with Crippen LogP contribution in [0.5, 0.6) is 0 Å². The number of hydrogen-bond acceptors (Lipinski definition) is 3. The summed E-state index contributed by atoms with van der Waals surface area (Å²) in [5.41, 5.74) is 7.52. The summed E-state index contributed by atoms with van der Waals surface area (Å²) in [5, 5.41) is 8.53. The van der Waals surface area contributed by atoms with Crippen LogP contribution in [0.25, 0.3) is 0 Å². The third-order valence-corrected chi connectivity index (χ3v) is 3.90. The third-order valence-electron chi connectivity index (χ3n) is 3.90. The van der Waals surface area contributed by atoms with Crippen LogP contribution in [-0.4, -0.2) is 24.5 Å². The molecular formula is C16H24N4O2. The van der Waals surface area contributed by atoms with Gasteiger partial charge in [-0.1, -0.05) is 25.3 Å². The van der Waals surface area contributed by atoms with Crippen LogP contribution < -0.4 is 21.7 Å². The summed E-state index contributed by atoms with van der Waals surface area (Å²) >= 11 is 0. The predicted octanol–water partition coefficient (Wildman–Crippen LogP) is 2.35. The van der Waals surface area contributed by atoms with E-state index in [1.807, 2.05) is 19.1 Å². The Morgan fingerprint density at radius 1 is 1.18 bits per heavy atom. The molecule has 0 aromatic heterocycles. The summed E-state index contributed by atoms with van der Waals surface area (Å²) in [7, 11) is 0. The maximum atomic E-state index is 12.0. The van der Waals surface area contributed by atoms with Crippen molar-refractivity contribution in [1.29, 1.82) is 0 Å². The molecule has 0 atom stereocenters. The molecule has 120 valence electrons. The smallest absolute Gasteiger partial charge is 0.319 e. The third kappa shape index (κ3) is 4.73. The van der Waals surface area contributed by atoms with Gasteiger partial charge < -0.3 is 21.7 Å². The molecule has 0 radical (unpaired) electrons. The van der Waals surface area contributed by atoms with Crippen molar-refractivity contribution in [3.8, 4) is 0 Å². The number of amides is 3. The summed E-state index contributed by atoms with van der Waals surface area (Å²) in [6.45, 7) is 1.82. The molecule has 5 N–H and O–H groups in total. The van der Waals surface area contributed by atoms with E-state index in [0.717, 1.165) is 18.4 Å². The van der Waals surface area contributed by atoms with Gasteiger partial charge in [-0.25, -0.2) is 4.79 Å². The van der Waals surface area contributed by atoms with Gasteiger partial charge in [0.25, 0.3) is 0 Å². The van der Waals surface area contributed by atoms with Crippen LogP contribution in [0, 0.1) is 6.92 Å². The fourth-order valence-corrected chi connectivity index (χ4v) is 2.64. The second-order valence-corrected chi connectivity index (χ2v) is 5.72. The Hall–Kier alpha value is -2.08. The summed E-state index contributed by atoms with van der Waals surface area (Å²) in [4.78, 5) is 23.4. The van der Waals surface area contributed by atoms with Crippen molar-refractivity contribution < 1.29 is 9.59 Å². The van der Waals surface area contributed by atoms with E-state index in [1.54, 1.807) is 6.07 Å². The van der Waals surface area contributed by atoms with Gasteiger partial charge in [0, 0.05) is 17.4 Å². The molecular weight excluding hydrogens is 280 g/mol. The van der Waals surface area contributed by atoms with Crippen molar-refractivity contribution in [3.05, 3.63) is 23.8 Å². The first kappa shape index (κ1) is 16.3. The molecule has 6 heteroatoms. The molecule has 0 aliphatic heterocycles. The minimum atomic E-state index is -0.257. The first-order chi connectivity index (χ1) is 10.6. The van der Waals surface area contributed by atoms with E-state index in [4.69, 9.17) is 5.73 Å². The maximum Gasteiger partial charge on any atom is 0.319 e. The molecule has 1 aliphatic carbocycles. The number of nitrogens with one attached hydrogen (secondary N) is 3. The molecule has 1 fully saturated rings. The number of anilines is 2. The lowest BCUT2D eigenvalue weighted by atomic mass is 9.96. The number of hydrogen-bond donors (Lipinski definition) is 4. The van der Waals surface area contributed by atoms with Gasteiger partial charge in [0.2, 0.25) is 5.91 Å². The van der Waals surface area contributed by atoms with Crippen LogP contribution in [-0.2, 0) is 4.79 Å². The number of rotatable bonds is 4. The minimum Gasteiger partial charge on any atom is -0.335 e. The second kappa shape index (κ2) is 7.79. The standard InChI is InChI=1S/C16H24N4O2/c1-11-7-8-13(9-14(11)20-15(21)10-17)19-16(22)18-12-5-3-2-4-6-12/h7-9,12H,2-6,10,17H2,1H3,(H,20,21)(H2,18,19,22). The number of benzene rings is 1. The Kier molecular flexibility index (Phi) is 5.77. The molecule has 22 heavy (non-hydrogen) atoms. The number of nitrogens with two attached hydrogens (primary N) is 1. The minimum absolute atomic E-state index is 0.0702. The Labute approximate surface area is 130 Å². The van der Waals surface area contributed by atoms with Crippen molar-refractivity contribution in [1.82, 2.24) is 5.32 Å². The molecule has 2 rings (SSSR count). The molecule has 0 unspecified atom stereocenters. The van der Waals surface area contributed by atoms with Crippen molar-refractivity contribution in [2.24, 2.45) is 5.73 Å². The molecule has 1 saturated carbocycles. The van der Waals surface area contributed by atoms with E-state index in [0.29, 0.717) is 11.4 Å². The Morgan fingerprint density at radius 2 is 1.91 bits per heavy atom. The molecule has 1 aromatic rings. The zero-order chi connectivity index (χ0) is 15.9. The van der Waals surface area contributed by atoms with E-state index in [9.17, 15) is 9.59 Å². The molecule has 3 amide bonds. The maximum absolute atomic E-state index is 12.0. The highest BCUT2D eigenvalue weighted by molar-refractivity contribution is 5.95. The van der Waals surface area contributed by atoms with E-state index in [-0.39, 0.29) is 24.5 Å². The van der Waals surface area contributed by atoms with E-state index in [1.165, 1.54) is 19.3 Å². The number of carbonyl (C=O) groups is 2. The van der Waals surface area contributed by atoms with Gasteiger partial charge in [-0.05, 0) is 37.5 Å². The van der Waals surface area contributed by atoms with Gasteiger partial charge >= 0.3 is 6.03 Å². The Bertz CT molecular complexity index is 539. The first-order valence-corrected chi connectivity index (χ1v) is 7.76. The lowest BCUT2D eigenvalue weighted by molar-refractivity contribution is -0.114. The second-order valence-electron chi connectivity index (χ2n) is 5.72. The van der Waals surface area contributed by atoms with Crippen LogP contribution in [0.3, 0.4) is 0 Å². The monoisotopic (exact) mass is 304 g/mol. The van der Waals surface area contributed by atoms with Crippen molar-refractivity contribution in [3.63, 3.8) is 0 Å². The van der Waals surface area contributed by atoms with E-state index in [2.05, 4.69) is 16.0 Å². The zero-order valence-electron chi connectivity index (χ0n) is 12.9. The molecule has 0 bridgehead atoms. The topological polar surface area (TPSA) is 96.2 Å². The highest BCUT2D eigenvalue weighted by atomic mass is 16.2. The van der Waals surface area contributed by atoms with Crippen LogP contribution in [0.2, 0.25) is 0 Å². The quantitative estimate of drug-likeness (QED) is 0.687. The summed E-state index contributed by atoms with van der Waals surface area (Å²) in [5.74, 6) is -0.257. The van der Waals surface area contributed by atoms with Gasteiger partial charge in [-0.3, -0.25) is 4.79 Å². The first-order valence-electron chi connectivity index (χ1n) is 7.76. The summed E-state index contributed by atoms with van der Waals surface area (Å²) in [6, 6.07) is 5.46. The van der Waals surface area contributed by atoms with Crippen LogP contribution in [0.4, 0.5) is 16.2 Å². The van der Waals surface area contributed by atoms with Gasteiger partial charge in [0.1, 0.15) is 0 Å². The average Bonchev–Trinajstić information content (AvgIpc) is 2.51. The summed E-state index contributed by atoms with van der Waals surface area (Å²) in [6.07, 6.45) is 5.68. The van der Waals surface area contributed by atoms with Crippen LogP contribution in [0.1, 0.15) is 37.7 Å². The SMILES string of the molecule is Cc1ccc(NC(=O)NC2CCCCC2)cc1NC(=O)CN. The number of carbonyl (C=O) groups excluding carboxylic acids is 2. The molecule has 0 heterocycles. The van der Waals surface area contributed by atoms with Crippen molar-refractivity contribution in [2.45, 2.75) is 45.1 Å². The zero-order valence-corrected chi connectivity index (χ0v) is 12.9. The van der Waals surface area contributed by atoms with E-state index >= 15 is 0 Å². The molecule has 0 spiro atoms. The number of urea groups is 1. The summed E-state index contributed by atoms with van der Waals surface area (Å²) < 4.78 is 0. The molecule has 0 saturated heterocycles.